The van der Waals surface area contributed by atoms with Crippen LogP contribution in [-0.4, -0.2) is 40.1 Å². The second-order valence-corrected chi connectivity index (χ2v) is 9.22. The Morgan fingerprint density at radius 3 is 2.35 bits per heavy atom. The number of halogens is 1. The number of nitrogens with one attached hydrogen (secondary N) is 1. The Morgan fingerprint density at radius 2 is 1.79 bits per heavy atom. The molecular formula is C24H28FNO7S. The topological polar surface area (TPSA) is 130 Å². The van der Waals surface area contributed by atoms with Crippen molar-refractivity contribution in [3.63, 3.8) is 0 Å². The fraction of sp³-hybridized carbons (Fsp3) is 0.417. The molecule has 0 bridgehead atoms. The van der Waals surface area contributed by atoms with Crippen molar-refractivity contribution < 1.29 is 38.5 Å². The van der Waals surface area contributed by atoms with Gasteiger partial charge in [0.1, 0.15) is 10.9 Å². The van der Waals surface area contributed by atoms with Gasteiger partial charge in [-0.25, -0.2) is 14.0 Å². The monoisotopic (exact) mass is 493 g/mol. The molecular weight excluding hydrogens is 465 g/mol. The number of esters is 1. The molecule has 1 aromatic carbocycles. The number of rotatable bonds is 12. The highest BCUT2D eigenvalue weighted by atomic mass is 32.1. The van der Waals surface area contributed by atoms with Gasteiger partial charge in [0, 0.05) is 11.3 Å². The molecule has 2 rings (SSSR count). The third-order valence-electron chi connectivity index (χ3n) is 5.75. The summed E-state index contributed by atoms with van der Waals surface area (Å²) >= 11 is 1.11. The van der Waals surface area contributed by atoms with Crippen LogP contribution >= 0.6 is 11.3 Å². The molecule has 0 aliphatic carbocycles. The summed E-state index contributed by atoms with van der Waals surface area (Å²) in [6, 6.07) is 6.17. The van der Waals surface area contributed by atoms with Crippen LogP contribution < -0.4 is 10.1 Å². The van der Waals surface area contributed by atoms with Crippen molar-refractivity contribution in [2.45, 2.75) is 58.9 Å². The molecule has 0 radical (unpaired) electrons. The van der Waals surface area contributed by atoms with Crippen LogP contribution in [0, 0.1) is 18.2 Å². The highest BCUT2D eigenvalue weighted by Gasteiger charge is 2.38. The summed E-state index contributed by atoms with van der Waals surface area (Å²) in [4.78, 5) is 48.8. The van der Waals surface area contributed by atoms with Gasteiger partial charge in [-0.3, -0.25) is 9.59 Å². The molecule has 184 valence electrons. The van der Waals surface area contributed by atoms with Gasteiger partial charge in [0.05, 0.1) is 5.41 Å². The van der Waals surface area contributed by atoms with E-state index in [9.17, 15) is 28.7 Å². The zero-order chi connectivity index (χ0) is 25.5. The van der Waals surface area contributed by atoms with E-state index in [4.69, 9.17) is 9.84 Å². The number of thiophene rings is 1. The number of ether oxygens (including phenoxy) is 1. The third kappa shape index (κ3) is 6.86. The largest absolute Gasteiger partial charge is 0.481 e. The van der Waals surface area contributed by atoms with E-state index >= 15 is 0 Å². The lowest BCUT2D eigenvalue weighted by molar-refractivity contribution is -0.145. The van der Waals surface area contributed by atoms with Crippen LogP contribution in [0.25, 0.3) is 0 Å². The smallest absolute Gasteiger partial charge is 0.353 e. The highest BCUT2D eigenvalue weighted by Crippen LogP contribution is 2.34. The number of aliphatic carboxylic acids is 2. The highest BCUT2D eigenvalue weighted by molar-refractivity contribution is 7.14. The zero-order valence-electron chi connectivity index (χ0n) is 19.2. The van der Waals surface area contributed by atoms with Crippen LogP contribution in [0.5, 0.6) is 5.75 Å². The normalized spacial score (nSPS) is 12.1. The molecule has 34 heavy (non-hydrogen) atoms. The number of hydrogen-bond donors (Lipinski definition) is 3. The van der Waals surface area contributed by atoms with Gasteiger partial charge < -0.3 is 20.3 Å². The predicted octanol–water partition coefficient (Wildman–Crippen LogP) is 4.20. The molecule has 3 N–H and O–H groups in total. The molecule has 1 amide bonds. The van der Waals surface area contributed by atoms with Crippen molar-refractivity contribution in [2.75, 3.05) is 0 Å². The molecule has 0 aliphatic rings. The maximum absolute atomic E-state index is 14.0. The Morgan fingerprint density at radius 1 is 1.12 bits per heavy atom. The predicted molar refractivity (Wildman–Crippen MR) is 124 cm³/mol. The Labute approximate surface area is 200 Å². The Hall–Kier alpha value is -3.27. The lowest BCUT2D eigenvalue weighted by Crippen LogP contribution is -2.49. The second kappa shape index (κ2) is 11.7. The average molecular weight is 494 g/mol. The fourth-order valence-corrected chi connectivity index (χ4v) is 4.52. The molecule has 0 spiro atoms. The lowest BCUT2D eigenvalue weighted by atomic mass is 9.77. The fourth-order valence-electron chi connectivity index (χ4n) is 3.49. The molecule has 1 aromatic heterocycles. The number of amides is 1. The second-order valence-electron chi connectivity index (χ2n) is 8.05. The SMILES string of the molecule is CCC(CC)(Cc1ccc(C(=O)Oc2ccc(C)cc2F)s1)C(=O)NC(CCC(=O)O)C(=O)O. The van der Waals surface area contributed by atoms with E-state index in [1.54, 1.807) is 32.9 Å². The molecule has 1 unspecified atom stereocenters. The molecule has 0 saturated heterocycles. The summed E-state index contributed by atoms with van der Waals surface area (Å²) < 4.78 is 19.2. The van der Waals surface area contributed by atoms with Crippen LogP contribution in [0.3, 0.4) is 0 Å². The minimum absolute atomic E-state index is 0.178. The van der Waals surface area contributed by atoms with Gasteiger partial charge in [-0.05, 0) is 62.4 Å². The van der Waals surface area contributed by atoms with Crippen molar-refractivity contribution >= 4 is 35.2 Å². The van der Waals surface area contributed by atoms with Gasteiger partial charge in [0.2, 0.25) is 5.91 Å². The quantitative estimate of drug-likeness (QED) is 0.298. The van der Waals surface area contributed by atoms with E-state index in [1.807, 2.05) is 0 Å². The van der Waals surface area contributed by atoms with Gasteiger partial charge in [-0.1, -0.05) is 19.9 Å². The average Bonchev–Trinajstić information content (AvgIpc) is 3.25. The van der Waals surface area contributed by atoms with Crippen molar-refractivity contribution in [1.82, 2.24) is 5.32 Å². The first-order valence-electron chi connectivity index (χ1n) is 10.8. The van der Waals surface area contributed by atoms with Crippen molar-refractivity contribution in [2.24, 2.45) is 5.41 Å². The van der Waals surface area contributed by atoms with Crippen LogP contribution in [-0.2, 0) is 20.8 Å². The standard InChI is InChI=1S/C24H28FNO7S/c1-4-24(5-2,23(32)26-17(21(29)30)8-11-20(27)28)13-15-7-10-19(34-15)22(31)33-18-9-6-14(3)12-16(18)25/h6-7,9-10,12,17H,4-5,8,11,13H2,1-3H3,(H,26,32)(H,27,28)(H,29,30). The van der Waals surface area contributed by atoms with Gasteiger partial charge >= 0.3 is 17.9 Å². The van der Waals surface area contributed by atoms with Crippen LogP contribution in [0.1, 0.15) is 59.6 Å². The first-order chi connectivity index (χ1) is 16.0. The van der Waals surface area contributed by atoms with E-state index in [0.29, 0.717) is 23.3 Å². The molecule has 0 saturated carbocycles. The van der Waals surface area contributed by atoms with Crippen molar-refractivity contribution in [3.05, 3.63) is 51.5 Å². The molecule has 1 atom stereocenters. The number of aryl methyl sites for hydroxylation is 1. The van der Waals surface area contributed by atoms with Gasteiger partial charge in [-0.2, -0.15) is 0 Å². The van der Waals surface area contributed by atoms with E-state index < -0.39 is 41.1 Å². The molecule has 8 nitrogen and oxygen atoms in total. The Kier molecular flexibility index (Phi) is 9.31. The van der Waals surface area contributed by atoms with Crippen LogP contribution in [0.15, 0.2) is 30.3 Å². The Balaban J connectivity index is 2.15. The van der Waals surface area contributed by atoms with E-state index in [1.165, 1.54) is 18.2 Å². The minimum atomic E-state index is -1.32. The third-order valence-corrected chi connectivity index (χ3v) is 6.82. The van der Waals surface area contributed by atoms with Crippen molar-refractivity contribution in [1.29, 1.82) is 0 Å². The number of carbonyl (C=O) groups is 4. The van der Waals surface area contributed by atoms with Crippen LogP contribution in [0.4, 0.5) is 4.39 Å². The Bertz CT molecular complexity index is 1060. The first kappa shape index (κ1) is 27.0. The molecule has 2 aromatic rings. The summed E-state index contributed by atoms with van der Waals surface area (Å²) in [7, 11) is 0. The van der Waals surface area contributed by atoms with Crippen LogP contribution in [0.2, 0.25) is 0 Å². The molecule has 10 heteroatoms. The number of carboxylic acids is 2. The van der Waals surface area contributed by atoms with Crippen molar-refractivity contribution in [3.8, 4) is 5.75 Å². The maximum Gasteiger partial charge on any atom is 0.353 e. The summed E-state index contributed by atoms with van der Waals surface area (Å²) in [5.74, 6) is -4.49. The minimum Gasteiger partial charge on any atom is -0.481 e. The molecule has 1 heterocycles. The first-order valence-corrected chi connectivity index (χ1v) is 11.7. The number of carbonyl (C=O) groups excluding carboxylic acids is 2. The summed E-state index contributed by atoms with van der Waals surface area (Å²) in [6.45, 7) is 5.33. The molecule has 0 fully saturated rings. The summed E-state index contributed by atoms with van der Waals surface area (Å²) in [5.41, 5.74) is -0.260. The van der Waals surface area contributed by atoms with Gasteiger partial charge in [0.25, 0.3) is 0 Å². The van der Waals surface area contributed by atoms with E-state index in [0.717, 1.165) is 11.3 Å². The number of benzene rings is 1. The summed E-state index contributed by atoms with van der Waals surface area (Å²) in [6.07, 6.45) is 0.415. The van der Waals surface area contributed by atoms with E-state index in [-0.39, 0.29) is 29.9 Å². The zero-order valence-corrected chi connectivity index (χ0v) is 20.0. The van der Waals surface area contributed by atoms with Gasteiger partial charge in [0.15, 0.2) is 11.6 Å². The molecule has 0 aliphatic heterocycles. The van der Waals surface area contributed by atoms with Gasteiger partial charge in [-0.15, -0.1) is 11.3 Å². The number of carboxylic acid groups (broad SMARTS) is 2. The van der Waals surface area contributed by atoms with E-state index in [2.05, 4.69) is 5.32 Å². The summed E-state index contributed by atoms with van der Waals surface area (Å²) in [5, 5.41) is 20.7. The lowest BCUT2D eigenvalue weighted by Gasteiger charge is -2.31. The number of hydrogen-bond acceptors (Lipinski definition) is 6. The maximum atomic E-state index is 14.0.